The first-order chi connectivity index (χ1) is 20.7. The highest BCUT2D eigenvalue weighted by molar-refractivity contribution is 6.00. The van der Waals surface area contributed by atoms with E-state index in [-0.39, 0.29) is 11.9 Å². The van der Waals surface area contributed by atoms with Gasteiger partial charge in [0.1, 0.15) is 0 Å². The van der Waals surface area contributed by atoms with Crippen LogP contribution < -0.4 is 0 Å². The topological polar surface area (TPSA) is 65.2 Å². The Hall–Kier alpha value is -4.99. The molecule has 5 aromatic rings. The minimum Gasteiger partial charge on any atom is -0.337 e. The Kier molecular flexibility index (Phi) is 8.21. The van der Waals surface area contributed by atoms with Crippen LogP contribution in [0, 0.1) is 11.3 Å². The molecule has 4 aromatic carbocycles. The number of aromatic nitrogens is 2. The molecule has 6 nitrogen and oxygen atoms in total. The molecule has 1 saturated heterocycles. The summed E-state index contributed by atoms with van der Waals surface area (Å²) in [6.45, 7) is 3.49. The summed E-state index contributed by atoms with van der Waals surface area (Å²) in [6, 6.07) is 38.7. The Morgan fingerprint density at radius 1 is 0.810 bits per heavy atom. The molecule has 1 unspecified atom stereocenters. The standard InChI is InChI=1S/C36H33N5O/c37-23-28-15-17-29(18-16-28)25-41-27-38-24-32(41)26-40-22-21-39(20-19-35(40)31-11-5-2-6-12-31)36(42)34-14-8-7-13-33(34)30-9-3-1-4-10-30/h1-18,24,27,35H,19-22,25-26H2. The molecule has 0 bridgehead atoms. The van der Waals surface area contributed by atoms with Crippen molar-refractivity contribution in [2.24, 2.45) is 0 Å². The quantitative estimate of drug-likeness (QED) is 0.230. The third-order valence-corrected chi connectivity index (χ3v) is 8.08. The van der Waals surface area contributed by atoms with Gasteiger partial charge in [0.25, 0.3) is 5.91 Å². The van der Waals surface area contributed by atoms with Crippen molar-refractivity contribution in [3.05, 3.63) is 150 Å². The third kappa shape index (κ3) is 6.02. The molecular formula is C36H33N5O. The Morgan fingerprint density at radius 2 is 1.52 bits per heavy atom. The monoisotopic (exact) mass is 551 g/mol. The van der Waals surface area contributed by atoms with Gasteiger partial charge in [-0.15, -0.1) is 0 Å². The summed E-state index contributed by atoms with van der Waals surface area (Å²) in [5.74, 6) is 0.0778. The first kappa shape index (κ1) is 27.2. The molecule has 0 saturated carbocycles. The highest BCUT2D eigenvalue weighted by Crippen LogP contribution is 2.30. The summed E-state index contributed by atoms with van der Waals surface area (Å²) < 4.78 is 2.17. The molecule has 1 amide bonds. The maximum atomic E-state index is 14.0. The molecule has 2 heterocycles. The van der Waals surface area contributed by atoms with Gasteiger partial charge >= 0.3 is 0 Å². The van der Waals surface area contributed by atoms with Crippen LogP contribution in [0.4, 0.5) is 0 Å². The minimum atomic E-state index is 0.0778. The third-order valence-electron chi connectivity index (χ3n) is 8.08. The number of carbonyl (C=O) groups is 1. The van der Waals surface area contributed by atoms with Crippen LogP contribution in [0.3, 0.4) is 0 Å². The van der Waals surface area contributed by atoms with Crippen LogP contribution in [0.5, 0.6) is 0 Å². The van der Waals surface area contributed by atoms with Crippen LogP contribution in [0.15, 0.2) is 122 Å². The molecule has 0 N–H and O–H groups in total. The maximum Gasteiger partial charge on any atom is 0.254 e. The number of imidazole rings is 1. The fourth-order valence-corrected chi connectivity index (χ4v) is 5.84. The Bertz CT molecular complexity index is 1670. The van der Waals surface area contributed by atoms with Crippen LogP contribution in [-0.2, 0) is 13.1 Å². The van der Waals surface area contributed by atoms with Gasteiger partial charge < -0.3 is 9.47 Å². The second-order valence-corrected chi connectivity index (χ2v) is 10.7. The zero-order valence-electron chi connectivity index (χ0n) is 23.5. The lowest BCUT2D eigenvalue weighted by atomic mass is 9.98. The predicted octanol–water partition coefficient (Wildman–Crippen LogP) is 6.56. The van der Waals surface area contributed by atoms with Crippen molar-refractivity contribution in [2.45, 2.75) is 25.6 Å². The van der Waals surface area contributed by atoms with Gasteiger partial charge in [-0.3, -0.25) is 9.69 Å². The Balaban J connectivity index is 1.24. The number of nitriles is 1. The van der Waals surface area contributed by atoms with E-state index in [0.29, 0.717) is 25.2 Å². The molecule has 1 atom stereocenters. The van der Waals surface area contributed by atoms with Crippen molar-refractivity contribution in [2.75, 3.05) is 19.6 Å². The maximum absolute atomic E-state index is 14.0. The number of hydrogen-bond acceptors (Lipinski definition) is 4. The van der Waals surface area contributed by atoms with Crippen LogP contribution in [0.1, 0.15) is 45.2 Å². The molecule has 6 rings (SSSR count). The number of hydrogen-bond donors (Lipinski definition) is 0. The van der Waals surface area contributed by atoms with Crippen LogP contribution in [-0.4, -0.2) is 44.9 Å². The van der Waals surface area contributed by atoms with E-state index in [9.17, 15) is 4.79 Å². The lowest BCUT2D eigenvalue weighted by Crippen LogP contribution is -2.35. The zero-order chi connectivity index (χ0) is 28.7. The van der Waals surface area contributed by atoms with Gasteiger partial charge in [-0.25, -0.2) is 4.98 Å². The lowest BCUT2D eigenvalue weighted by molar-refractivity contribution is 0.0761. The van der Waals surface area contributed by atoms with E-state index in [4.69, 9.17) is 5.26 Å². The summed E-state index contributed by atoms with van der Waals surface area (Å²) in [6.07, 6.45) is 4.65. The van der Waals surface area contributed by atoms with Crippen molar-refractivity contribution in [1.29, 1.82) is 5.26 Å². The van der Waals surface area contributed by atoms with Gasteiger partial charge in [0.2, 0.25) is 0 Å². The second kappa shape index (κ2) is 12.7. The van der Waals surface area contributed by atoms with E-state index < -0.39 is 0 Å². The summed E-state index contributed by atoms with van der Waals surface area (Å²) in [5, 5.41) is 9.14. The van der Waals surface area contributed by atoms with Crippen LogP contribution in [0.25, 0.3) is 11.1 Å². The molecule has 1 fully saturated rings. The van der Waals surface area contributed by atoms with Gasteiger partial charge in [-0.2, -0.15) is 5.26 Å². The van der Waals surface area contributed by atoms with Gasteiger partial charge in [0, 0.05) is 50.5 Å². The normalized spacial score (nSPS) is 15.6. The fraction of sp³-hybridized carbons (Fsp3) is 0.194. The number of nitrogens with zero attached hydrogens (tertiary/aromatic N) is 5. The minimum absolute atomic E-state index is 0.0778. The number of rotatable bonds is 7. The average molecular weight is 552 g/mol. The van der Waals surface area contributed by atoms with E-state index in [1.165, 1.54) is 5.56 Å². The Labute approximate surface area is 247 Å². The molecule has 208 valence electrons. The average Bonchev–Trinajstić information content (AvgIpc) is 3.37. The van der Waals surface area contributed by atoms with Crippen molar-refractivity contribution in [1.82, 2.24) is 19.4 Å². The van der Waals surface area contributed by atoms with Crippen molar-refractivity contribution in [3.63, 3.8) is 0 Å². The SMILES string of the molecule is N#Cc1ccc(Cn2cncc2CN2CCN(C(=O)c3ccccc3-c3ccccc3)CCC2c2ccccc2)cc1. The summed E-state index contributed by atoms with van der Waals surface area (Å²) >= 11 is 0. The first-order valence-corrected chi connectivity index (χ1v) is 14.4. The van der Waals surface area contributed by atoms with Gasteiger partial charge in [0.15, 0.2) is 0 Å². The second-order valence-electron chi connectivity index (χ2n) is 10.7. The molecule has 0 aliphatic carbocycles. The van der Waals surface area contributed by atoms with E-state index in [1.54, 1.807) is 0 Å². The van der Waals surface area contributed by atoms with E-state index in [0.717, 1.165) is 47.5 Å². The van der Waals surface area contributed by atoms with Crippen LogP contribution in [0.2, 0.25) is 0 Å². The molecule has 42 heavy (non-hydrogen) atoms. The van der Waals surface area contributed by atoms with Gasteiger partial charge in [-0.05, 0) is 46.9 Å². The molecule has 6 heteroatoms. The summed E-state index contributed by atoms with van der Waals surface area (Å²) in [7, 11) is 0. The molecule has 1 aliphatic rings. The summed E-state index contributed by atoms with van der Waals surface area (Å²) in [5.41, 5.74) is 6.92. The summed E-state index contributed by atoms with van der Waals surface area (Å²) in [4.78, 5) is 23.0. The van der Waals surface area contributed by atoms with Crippen molar-refractivity contribution in [3.8, 4) is 17.2 Å². The van der Waals surface area contributed by atoms with E-state index >= 15 is 0 Å². The molecule has 0 spiro atoms. The van der Waals surface area contributed by atoms with Crippen molar-refractivity contribution >= 4 is 5.91 Å². The smallest absolute Gasteiger partial charge is 0.254 e. The molecule has 1 aliphatic heterocycles. The fourth-order valence-electron chi connectivity index (χ4n) is 5.84. The molecule has 0 radical (unpaired) electrons. The van der Waals surface area contributed by atoms with E-state index in [2.05, 4.69) is 56.9 Å². The number of carbonyl (C=O) groups excluding carboxylic acids is 1. The van der Waals surface area contributed by atoms with Gasteiger partial charge in [-0.1, -0.05) is 91.0 Å². The first-order valence-electron chi connectivity index (χ1n) is 14.4. The largest absolute Gasteiger partial charge is 0.337 e. The lowest BCUT2D eigenvalue weighted by Gasteiger charge is -2.30. The Morgan fingerprint density at radius 3 is 2.29 bits per heavy atom. The van der Waals surface area contributed by atoms with Crippen molar-refractivity contribution < 1.29 is 4.79 Å². The van der Waals surface area contributed by atoms with E-state index in [1.807, 2.05) is 90.2 Å². The predicted molar refractivity (Wildman–Crippen MR) is 164 cm³/mol. The highest BCUT2D eigenvalue weighted by atomic mass is 16.2. The zero-order valence-corrected chi connectivity index (χ0v) is 23.5. The molecular weight excluding hydrogens is 518 g/mol. The number of amides is 1. The number of benzene rings is 4. The highest BCUT2D eigenvalue weighted by Gasteiger charge is 2.29. The van der Waals surface area contributed by atoms with Gasteiger partial charge in [0.05, 0.1) is 23.7 Å². The molecule has 1 aromatic heterocycles. The van der Waals surface area contributed by atoms with Crippen LogP contribution >= 0.6 is 0 Å².